The average molecular weight is 289 g/mol. The molecule has 1 aromatic rings. The van der Waals surface area contributed by atoms with Crippen LogP contribution in [0.5, 0.6) is 0 Å². The predicted molar refractivity (Wildman–Crippen MR) is 79.2 cm³/mol. The summed E-state index contributed by atoms with van der Waals surface area (Å²) in [5, 5.41) is 11.6. The molecule has 0 radical (unpaired) electrons. The molecule has 2 N–H and O–H groups in total. The monoisotopic (exact) mass is 289 g/mol. The Labute approximate surface area is 124 Å². The Morgan fingerprint density at radius 2 is 2.19 bits per heavy atom. The lowest BCUT2D eigenvalue weighted by atomic mass is 9.97. The Hall–Kier alpha value is -1.86. The minimum Gasteiger partial charge on any atom is -0.384 e. The van der Waals surface area contributed by atoms with Crippen molar-refractivity contribution < 1.29 is 14.3 Å². The van der Waals surface area contributed by atoms with Gasteiger partial charge in [-0.3, -0.25) is 4.79 Å². The number of hydrogen-bond donors (Lipinski definition) is 2. The fourth-order valence-electron chi connectivity index (χ4n) is 2.71. The predicted octanol–water partition coefficient (Wildman–Crippen LogP) is 2.33. The molecule has 4 heteroatoms. The summed E-state index contributed by atoms with van der Waals surface area (Å²) in [6.07, 6.45) is 2.08. The molecule has 3 unspecified atom stereocenters. The third kappa shape index (κ3) is 3.62. The largest absolute Gasteiger partial charge is 0.384 e. The number of rotatable bonds is 2. The standard InChI is InChI=1S/C17H20FNO2/c1-11-5-8-16(12(11)2)19-17(21)14-7-6-13(4-3-9-20)15(18)10-14/h6-7,10-12,16,20H,5,8-9H2,1-2H3,(H,19,21). The Balaban J connectivity index is 2.08. The molecule has 0 bridgehead atoms. The molecular formula is C17H20FNO2. The van der Waals surface area contributed by atoms with Gasteiger partial charge >= 0.3 is 0 Å². The first-order valence-electron chi connectivity index (χ1n) is 7.23. The van der Waals surface area contributed by atoms with Gasteiger partial charge in [-0.25, -0.2) is 4.39 Å². The molecule has 3 atom stereocenters. The zero-order valence-electron chi connectivity index (χ0n) is 12.3. The first-order valence-corrected chi connectivity index (χ1v) is 7.23. The molecule has 0 aromatic heterocycles. The van der Waals surface area contributed by atoms with Crippen LogP contribution in [-0.4, -0.2) is 23.7 Å². The smallest absolute Gasteiger partial charge is 0.251 e. The molecule has 0 spiro atoms. The molecule has 3 nitrogen and oxygen atoms in total. The van der Waals surface area contributed by atoms with E-state index < -0.39 is 5.82 Å². The molecule has 1 aliphatic carbocycles. The van der Waals surface area contributed by atoms with Crippen LogP contribution in [0.15, 0.2) is 18.2 Å². The van der Waals surface area contributed by atoms with Gasteiger partial charge < -0.3 is 10.4 Å². The molecule has 1 saturated carbocycles. The van der Waals surface area contributed by atoms with Gasteiger partial charge in [-0.05, 0) is 42.9 Å². The maximum atomic E-state index is 13.8. The molecule has 1 aliphatic rings. The molecule has 1 fully saturated rings. The maximum absolute atomic E-state index is 13.8. The number of hydrogen-bond acceptors (Lipinski definition) is 2. The van der Waals surface area contributed by atoms with Crippen molar-refractivity contribution in [3.05, 3.63) is 35.1 Å². The maximum Gasteiger partial charge on any atom is 0.251 e. The van der Waals surface area contributed by atoms with E-state index >= 15 is 0 Å². The third-order valence-corrected chi connectivity index (χ3v) is 4.32. The van der Waals surface area contributed by atoms with Crippen molar-refractivity contribution in [2.75, 3.05) is 6.61 Å². The molecular weight excluding hydrogens is 269 g/mol. The second kappa shape index (κ2) is 6.73. The summed E-state index contributed by atoms with van der Waals surface area (Å²) in [5.74, 6) is 5.14. The Bertz CT molecular complexity index is 588. The Morgan fingerprint density at radius 3 is 2.76 bits per heavy atom. The highest BCUT2D eigenvalue weighted by Gasteiger charge is 2.30. The molecule has 2 rings (SSSR count). The van der Waals surface area contributed by atoms with E-state index in [1.807, 2.05) is 0 Å². The van der Waals surface area contributed by atoms with Crippen molar-refractivity contribution in [3.63, 3.8) is 0 Å². The van der Waals surface area contributed by atoms with E-state index in [2.05, 4.69) is 31.0 Å². The highest BCUT2D eigenvalue weighted by atomic mass is 19.1. The Morgan fingerprint density at radius 1 is 1.43 bits per heavy atom. The fourth-order valence-corrected chi connectivity index (χ4v) is 2.71. The van der Waals surface area contributed by atoms with Crippen molar-refractivity contribution in [2.45, 2.75) is 32.7 Å². The van der Waals surface area contributed by atoms with Crippen LogP contribution in [0, 0.1) is 29.5 Å². The summed E-state index contributed by atoms with van der Waals surface area (Å²) in [6, 6.07) is 4.38. The van der Waals surface area contributed by atoms with Gasteiger partial charge in [-0.1, -0.05) is 25.7 Å². The van der Waals surface area contributed by atoms with Gasteiger partial charge in [0.2, 0.25) is 0 Å². The van der Waals surface area contributed by atoms with Crippen molar-refractivity contribution in [3.8, 4) is 11.8 Å². The van der Waals surface area contributed by atoms with Crippen molar-refractivity contribution in [1.82, 2.24) is 5.32 Å². The van der Waals surface area contributed by atoms with Crippen molar-refractivity contribution in [1.29, 1.82) is 0 Å². The number of halogens is 1. The molecule has 0 heterocycles. The number of amides is 1. The van der Waals surface area contributed by atoms with Crippen LogP contribution in [-0.2, 0) is 0 Å². The van der Waals surface area contributed by atoms with Gasteiger partial charge in [-0.2, -0.15) is 0 Å². The second-order valence-electron chi connectivity index (χ2n) is 5.65. The van der Waals surface area contributed by atoms with E-state index in [4.69, 9.17) is 5.11 Å². The van der Waals surface area contributed by atoms with Crippen LogP contribution in [0.25, 0.3) is 0 Å². The van der Waals surface area contributed by atoms with E-state index in [0.29, 0.717) is 17.4 Å². The molecule has 112 valence electrons. The zero-order chi connectivity index (χ0) is 15.4. The minimum absolute atomic E-state index is 0.157. The molecule has 21 heavy (non-hydrogen) atoms. The van der Waals surface area contributed by atoms with Gasteiger partial charge in [0.1, 0.15) is 12.4 Å². The summed E-state index contributed by atoms with van der Waals surface area (Å²) in [7, 11) is 0. The van der Waals surface area contributed by atoms with Crippen molar-refractivity contribution >= 4 is 5.91 Å². The van der Waals surface area contributed by atoms with E-state index in [9.17, 15) is 9.18 Å². The highest BCUT2D eigenvalue weighted by molar-refractivity contribution is 5.94. The quantitative estimate of drug-likeness (QED) is 0.821. The highest BCUT2D eigenvalue weighted by Crippen LogP contribution is 2.31. The van der Waals surface area contributed by atoms with E-state index in [0.717, 1.165) is 12.8 Å². The molecule has 1 aromatic carbocycles. The van der Waals surface area contributed by atoms with Crippen LogP contribution in [0.3, 0.4) is 0 Å². The van der Waals surface area contributed by atoms with E-state index in [-0.39, 0.29) is 24.1 Å². The van der Waals surface area contributed by atoms with Gasteiger partial charge in [-0.15, -0.1) is 0 Å². The SMILES string of the molecule is CC1CCC(NC(=O)c2ccc(C#CCO)c(F)c2)C1C. The summed E-state index contributed by atoms with van der Waals surface area (Å²) in [5.41, 5.74) is 0.484. The zero-order valence-corrected chi connectivity index (χ0v) is 12.3. The summed E-state index contributed by atoms with van der Waals surface area (Å²) in [6.45, 7) is 4.00. The van der Waals surface area contributed by atoms with E-state index in [1.165, 1.54) is 12.1 Å². The van der Waals surface area contributed by atoms with Crippen molar-refractivity contribution in [2.24, 2.45) is 11.8 Å². The lowest BCUT2D eigenvalue weighted by molar-refractivity contribution is 0.0927. The number of aliphatic hydroxyl groups excluding tert-OH is 1. The van der Waals surface area contributed by atoms with Crippen LogP contribution in [0.1, 0.15) is 42.6 Å². The van der Waals surface area contributed by atoms with Crippen LogP contribution in [0.4, 0.5) is 4.39 Å². The minimum atomic E-state index is -0.545. The topological polar surface area (TPSA) is 49.3 Å². The van der Waals surface area contributed by atoms with Crippen LogP contribution in [0.2, 0.25) is 0 Å². The van der Waals surface area contributed by atoms with Gasteiger partial charge in [0.05, 0.1) is 5.56 Å². The molecule has 0 aliphatic heterocycles. The van der Waals surface area contributed by atoms with Crippen LogP contribution >= 0.6 is 0 Å². The number of nitrogens with one attached hydrogen (secondary N) is 1. The third-order valence-electron chi connectivity index (χ3n) is 4.32. The summed E-state index contributed by atoms with van der Waals surface area (Å²) >= 11 is 0. The molecule has 0 saturated heterocycles. The first kappa shape index (κ1) is 15.5. The van der Waals surface area contributed by atoms with Gasteiger partial charge in [0.15, 0.2) is 0 Å². The number of benzene rings is 1. The normalized spacial score (nSPS) is 24.3. The first-order chi connectivity index (χ1) is 10.0. The van der Waals surface area contributed by atoms with Gasteiger partial charge in [0, 0.05) is 11.6 Å². The molecule has 1 amide bonds. The number of carbonyl (C=O) groups is 1. The van der Waals surface area contributed by atoms with Crippen LogP contribution < -0.4 is 5.32 Å². The number of carbonyl (C=O) groups excluding carboxylic acids is 1. The second-order valence-corrected chi connectivity index (χ2v) is 5.65. The lowest BCUT2D eigenvalue weighted by Gasteiger charge is -2.19. The van der Waals surface area contributed by atoms with E-state index in [1.54, 1.807) is 6.07 Å². The Kier molecular flexibility index (Phi) is 4.98. The number of aliphatic hydroxyl groups is 1. The lowest BCUT2D eigenvalue weighted by Crippen LogP contribution is -2.37. The van der Waals surface area contributed by atoms with Gasteiger partial charge in [0.25, 0.3) is 5.91 Å². The fraction of sp³-hybridized carbons (Fsp3) is 0.471. The summed E-state index contributed by atoms with van der Waals surface area (Å²) in [4.78, 5) is 12.2. The summed E-state index contributed by atoms with van der Waals surface area (Å²) < 4.78 is 13.8. The average Bonchev–Trinajstić information content (AvgIpc) is 2.78.